The summed E-state index contributed by atoms with van der Waals surface area (Å²) in [5, 5.41) is 0. The first-order valence-corrected chi connectivity index (χ1v) is 10.9. The Morgan fingerprint density at radius 1 is 1.17 bits per heavy atom. The Balaban J connectivity index is 1.25. The number of benzene rings is 1. The van der Waals surface area contributed by atoms with Crippen LogP contribution in [0.1, 0.15) is 43.5 Å². The van der Waals surface area contributed by atoms with Gasteiger partial charge in [0.15, 0.2) is 0 Å². The molecule has 0 aliphatic carbocycles. The summed E-state index contributed by atoms with van der Waals surface area (Å²) in [6.07, 6.45) is 6.41. The number of carbonyl (C=O) groups excluding carboxylic acids is 1. The van der Waals surface area contributed by atoms with E-state index in [1.54, 1.807) is 0 Å². The molecule has 1 atom stereocenters. The molecule has 2 fully saturated rings. The third-order valence-corrected chi connectivity index (χ3v) is 6.18. The highest BCUT2D eigenvalue weighted by Crippen LogP contribution is 2.27. The topological polar surface area (TPSA) is 50.6 Å². The minimum absolute atomic E-state index is 0.00308. The van der Waals surface area contributed by atoms with Crippen LogP contribution >= 0.6 is 0 Å². The molecule has 1 aromatic heterocycles. The first kappa shape index (κ1) is 20.1. The Kier molecular flexibility index (Phi) is 6.62. The number of hydrogen-bond acceptors (Lipinski definition) is 4. The van der Waals surface area contributed by atoms with Crippen molar-refractivity contribution in [1.29, 1.82) is 0 Å². The summed E-state index contributed by atoms with van der Waals surface area (Å²) in [6, 6.07) is 10.5. The van der Waals surface area contributed by atoms with Crippen LogP contribution in [0, 0.1) is 0 Å². The van der Waals surface area contributed by atoms with Gasteiger partial charge in [-0.3, -0.25) is 9.69 Å². The lowest BCUT2D eigenvalue weighted by molar-refractivity contribution is -0.137. The number of amides is 1. The number of likely N-dealkylation sites (tertiary alicyclic amines) is 1. The Bertz CT molecular complexity index is 783. The van der Waals surface area contributed by atoms with Crippen LogP contribution in [0.4, 0.5) is 0 Å². The Hall–Kier alpha value is -2.18. The third-order valence-electron chi connectivity index (χ3n) is 6.18. The van der Waals surface area contributed by atoms with Crippen molar-refractivity contribution in [3.05, 3.63) is 54.1 Å². The van der Waals surface area contributed by atoms with E-state index in [1.165, 1.54) is 11.4 Å². The second-order valence-corrected chi connectivity index (χ2v) is 8.14. The minimum atomic E-state index is -0.00308. The molecule has 2 aromatic rings. The molecule has 4 rings (SSSR count). The lowest BCUT2D eigenvalue weighted by atomic mass is 9.95. The minimum Gasteiger partial charge on any atom is -0.375 e. The van der Waals surface area contributed by atoms with Gasteiger partial charge in [0.1, 0.15) is 5.82 Å². The van der Waals surface area contributed by atoms with Crippen molar-refractivity contribution in [3.8, 4) is 0 Å². The normalized spacial score (nSPS) is 21.4. The molecule has 0 bridgehead atoms. The molecule has 1 amide bonds. The monoisotopic (exact) mass is 396 g/mol. The number of carbonyl (C=O) groups is 1. The largest absolute Gasteiger partial charge is 0.375 e. The summed E-state index contributed by atoms with van der Waals surface area (Å²) in [6.45, 7) is 8.11. The molecule has 6 nitrogen and oxygen atoms in total. The zero-order valence-corrected chi connectivity index (χ0v) is 17.4. The Labute approximate surface area is 173 Å². The van der Waals surface area contributed by atoms with Crippen molar-refractivity contribution < 1.29 is 9.53 Å². The Morgan fingerprint density at radius 3 is 2.72 bits per heavy atom. The number of ether oxygens (including phenoxy) is 1. The summed E-state index contributed by atoms with van der Waals surface area (Å²) in [4.78, 5) is 21.8. The van der Waals surface area contributed by atoms with Gasteiger partial charge in [0.05, 0.1) is 19.1 Å². The van der Waals surface area contributed by atoms with E-state index in [9.17, 15) is 4.79 Å². The predicted octanol–water partition coefficient (Wildman–Crippen LogP) is 2.90. The molecular weight excluding hydrogens is 364 g/mol. The maximum Gasteiger partial charge on any atom is 0.225 e. The predicted molar refractivity (Wildman–Crippen MR) is 113 cm³/mol. The van der Waals surface area contributed by atoms with Gasteiger partial charge in [0.25, 0.3) is 0 Å². The van der Waals surface area contributed by atoms with Crippen LogP contribution in [0.5, 0.6) is 0 Å². The highest BCUT2D eigenvalue weighted by molar-refractivity contribution is 5.76. The molecule has 2 aliphatic rings. The fraction of sp³-hybridized carbons (Fsp3) is 0.565. The average molecular weight is 397 g/mol. The molecule has 6 heteroatoms. The van der Waals surface area contributed by atoms with Crippen molar-refractivity contribution in [2.45, 2.75) is 51.3 Å². The van der Waals surface area contributed by atoms with E-state index in [0.29, 0.717) is 18.9 Å². The van der Waals surface area contributed by atoms with E-state index in [4.69, 9.17) is 4.74 Å². The molecule has 0 spiro atoms. The van der Waals surface area contributed by atoms with Crippen molar-refractivity contribution in [2.75, 3.05) is 32.8 Å². The van der Waals surface area contributed by atoms with Gasteiger partial charge in [0, 0.05) is 57.6 Å². The number of rotatable bonds is 6. The van der Waals surface area contributed by atoms with E-state index in [2.05, 4.69) is 51.8 Å². The highest BCUT2D eigenvalue weighted by Gasteiger charge is 2.29. The molecule has 2 aliphatic heterocycles. The third kappa shape index (κ3) is 5.06. The number of hydrogen-bond donors (Lipinski definition) is 0. The standard InChI is InChI=1S/C23H32N4O2/c1-2-26-13-10-24-23(26)20-8-11-27(12-9-20)22(28)16-21-18-25(14-15-29-21)17-19-6-4-3-5-7-19/h3-7,10,13,20-21H,2,8-9,11-12,14-18H2,1H3. The van der Waals surface area contributed by atoms with Crippen molar-refractivity contribution in [1.82, 2.24) is 19.4 Å². The van der Waals surface area contributed by atoms with Crippen LogP contribution < -0.4 is 0 Å². The summed E-state index contributed by atoms with van der Waals surface area (Å²) in [5.41, 5.74) is 1.31. The van der Waals surface area contributed by atoms with Crippen molar-refractivity contribution in [2.24, 2.45) is 0 Å². The smallest absolute Gasteiger partial charge is 0.225 e. The van der Waals surface area contributed by atoms with E-state index in [-0.39, 0.29) is 12.0 Å². The molecule has 0 radical (unpaired) electrons. The van der Waals surface area contributed by atoms with Gasteiger partial charge in [-0.15, -0.1) is 0 Å². The SMILES string of the molecule is CCn1ccnc1C1CCN(C(=O)CC2CN(Cc3ccccc3)CCO2)CC1. The van der Waals surface area contributed by atoms with Crippen LogP contribution in [-0.2, 0) is 22.6 Å². The summed E-state index contributed by atoms with van der Waals surface area (Å²) in [7, 11) is 0. The van der Waals surface area contributed by atoms with E-state index >= 15 is 0 Å². The summed E-state index contributed by atoms with van der Waals surface area (Å²) < 4.78 is 8.14. The number of nitrogens with zero attached hydrogens (tertiary/aromatic N) is 4. The van der Waals surface area contributed by atoms with E-state index in [1.807, 2.05) is 17.2 Å². The van der Waals surface area contributed by atoms with Gasteiger partial charge in [0.2, 0.25) is 5.91 Å². The van der Waals surface area contributed by atoms with Crippen LogP contribution in [0.2, 0.25) is 0 Å². The van der Waals surface area contributed by atoms with Crippen LogP contribution in [0.3, 0.4) is 0 Å². The summed E-state index contributed by atoms with van der Waals surface area (Å²) in [5.74, 6) is 1.86. The molecule has 1 unspecified atom stereocenters. The van der Waals surface area contributed by atoms with Gasteiger partial charge in [-0.25, -0.2) is 4.98 Å². The molecular formula is C23H32N4O2. The average Bonchev–Trinajstić information content (AvgIpc) is 3.24. The lowest BCUT2D eigenvalue weighted by Gasteiger charge is -2.35. The fourth-order valence-electron chi connectivity index (χ4n) is 4.55. The molecule has 0 N–H and O–H groups in total. The van der Waals surface area contributed by atoms with Crippen LogP contribution in [0.25, 0.3) is 0 Å². The zero-order chi connectivity index (χ0) is 20.1. The number of morpholine rings is 1. The fourth-order valence-corrected chi connectivity index (χ4v) is 4.55. The van der Waals surface area contributed by atoms with E-state index < -0.39 is 0 Å². The second kappa shape index (κ2) is 9.55. The molecule has 3 heterocycles. The Morgan fingerprint density at radius 2 is 1.97 bits per heavy atom. The van der Waals surface area contributed by atoms with Gasteiger partial charge < -0.3 is 14.2 Å². The maximum absolute atomic E-state index is 12.9. The van der Waals surface area contributed by atoms with Crippen molar-refractivity contribution in [3.63, 3.8) is 0 Å². The number of aryl methyl sites for hydroxylation is 1. The molecule has 1 aromatic carbocycles. The van der Waals surface area contributed by atoms with Crippen LogP contribution in [0.15, 0.2) is 42.7 Å². The molecule has 29 heavy (non-hydrogen) atoms. The summed E-state index contributed by atoms with van der Waals surface area (Å²) >= 11 is 0. The quantitative estimate of drug-likeness (QED) is 0.753. The maximum atomic E-state index is 12.9. The van der Waals surface area contributed by atoms with E-state index in [0.717, 1.165) is 52.1 Å². The first-order valence-electron chi connectivity index (χ1n) is 10.9. The number of piperidine rings is 1. The van der Waals surface area contributed by atoms with Crippen molar-refractivity contribution >= 4 is 5.91 Å². The second-order valence-electron chi connectivity index (χ2n) is 8.14. The molecule has 2 saturated heterocycles. The van der Waals surface area contributed by atoms with Gasteiger partial charge >= 0.3 is 0 Å². The molecule has 156 valence electrons. The van der Waals surface area contributed by atoms with Gasteiger partial charge in [-0.05, 0) is 25.3 Å². The number of imidazole rings is 1. The van der Waals surface area contributed by atoms with Gasteiger partial charge in [-0.1, -0.05) is 30.3 Å². The molecule has 0 saturated carbocycles. The lowest BCUT2D eigenvalue weighted by Crippen LogP contribution is -2.46. The zero-order valence-electron chi connectivity index (χ0n) is 17.4. The first-order chi connectivity index (χ1) is 14.2. The van der Waals surface area contributed by atoms with Crippen LogP contribution in [-0.4, -0.2) is 64.1 Å². The van der Waals surface area contributed by atoms with Gasteiger partial charge in [-0.2, -0.15) is 0 Å². The highest BCUT2D eigenvalue weighted by atomic mass is 16.5. The number of aromatic nitrogens is 2.